The molecule has 4 atom stereocenters. The zero-order valence-electron chi connectivity index (χ0n) is 14.0. The van der Waals surface area contributed by atoms with Crippen molar-refractivity contribution in [2.24, 2.45) is 0 Å². The van der Waals surface area contributed by atoms with Crippen molar-refractivity contribution in [1.29, 1.82) is 0 Å². The van der Waals surface area contributed by atoms with Gasteiger partial charge in [-0.1, -0.05) is 19.4 Å². The largest absolute Gasteiger partial charge is 0.393 e. The zero-order chi connectivity index (χ0) is 15.8. The van der Waals surface area contributed by atoms with E-state index in [9.17, 15) is 5.11 Å². The van der Waals surface area contributed by atoms with E-state index in [1.807, 2.05) is 0 Å². The van der Waals surface area contributed by atoms with Gasteiger partial charge in [-0.25, -0.2) is 0 Å². The Labute approximate surface area is 138 Å². The minimum atomic E-state index is -0.114. The fraction of sp³-hybridized carbons (Fsp3) is 0.600. The highest BCUT2D eigenvalue weighted by Crippen LogP contribution is 2.36. The van der Waals surface area contributed by atoms with E-state index in [0.29, 0.717) is 17.9 Å². The molecule has 0 amide bonds. The van der Waals surface area contributed by atoms with Gasteiger partial charge in [-0.2, -0.15) is 0 Å². The highest BCUT2D eigenvalue weighted by molar-refractivity contribution is 5.84. The van der Waals surface area contributed by atoms with Crippen molar-refractivity contribution in [3.05, 3.63) is 35.5 Å². The number of nitrogens with one attached hydrogen (secondary N) is 2. The van der Waals surface area contributed by atoms with E-state index in [-0.39, 0.29) is 6.10 Å². The van der Waals surface area contributed by atoms with Crippen LogP contribution in [0, 0.1) is 0 Å². The minimum absolute atomic E-state index is 0.114. The number of rotatable bonds is 3. The lowest BCUT2D eigenvalue weighted by atomic mass is 9.82. The van der Waals surface area contributed by atoms with Crippen LogP contribution in [0.2, 0.25) is 0 Å². The molecule has 4 unspecified atom stereocenters. The number of aliphatic hydroxyl groups excluding tert-OH is 1. The Morgan fingerprint density at radius 1 is 1.17 bits per heavy atom. The summed E-state index contributed by atoms with van der Waals surface area (Å²) in [5, 5.41) is 15.0. The smallest absolute Gasteiger partial charge is 0.0546 e. The number of aliphatic hydroxyl groups is 1. The maximum atomic E-state index is 9.99. The highest BCUT2D eigenvalue weighted by atomic mass is 16.3. The first-order valence-electron chi connectivity index (χ1n) is 9.25. The first-order chi connectivity index (χ1) is 11.2. The van der Waals surface area contributed by atoms with Crippen LogP contribution in [0.4, 0.5) is 0 Å². The lowest BCUT2D eigenvalue weighted by Gasteiger charge is -2.26. The summed E-state index contributed by atoms with van der Waals surface area (Å²) in [5.74, 6) is 1.06. The van der Waals surface area contributed by atoms with Gasteiger partial charge in [-0.15, -0.1) is 0 Å². The second-order valence-corrected chi connectivity index (χ2v) is 7.56. The molecule has 1 aromatic carbocycles. The zero-order valence-corrected chi connectivity index (χ0v) is 14.0. The molecule has 0 bridgehead atoms. The second-order valence-electron chi connectivity index (χ2n) is 7.56. The third-order valence-electron chi connectivity index (χ3n) is 6.05. The number of aromatic amines is 1. The van der Waals surface area contributed by atoms with Gasteiger partial charge < -0.3 is 15.4 Å². The van der Waals surface area contributed by atoms with Crippen LogP contribution in [-0.2, 0) is 0 Å². The van der Waals surface area contributed by atoms with Crippen LogP contribution >= 0.6 is 0 Å². The molecular formula is C20H28N2O. The molecule has 2 aliphatic rings. The number of hydrogen-bond acceptors (Lipinski definition) is 2. The highest BCUT2D eigenvalue weighted by Gasteiger charge is 2.25. The third kappa shape index (κ3) is 2.92. The SMILES string of the molecule is CC(c1c[nH]c2ccc(C3CCCC(O)C3)cc12)C1CCCN1. The number of aromatic nitrogens is 1. The summed E-state index contributed by atoms with van der Waals surface area (Å²) in [5.41, 5.74) is 4.09. The number of benzene rings is 1. The molecule has 1 saturated heterocycles. The van der Waals surface area contributed by atoms with E-state index >= 15 is 0 Å². The maximum Gasteiger partial charge on any atom is 0.0546 e. The number of fused-ring (bicyclic) bond motifs is 1. The third-order valence-corrected chi connectivity index (χ3v) is 6.05. The molecule has 1 saturated carbocycles. The van der Waals surface area contributed by atoms with E-state index in [0.717, 1.165) is 25.8 Å². The summed E-state index contributed by atoms with van der Waals surface area (Å²) in [4.78, 5) is 3.45. The van der Waals surface area contributed by atoms with Gasteiger partial charge >= 0.3 is 0 Å². The molecular weight excluding hydrogens is 284 g/mol. The molecule has 0 radical (unpaired) electrons. The fourth-order valence-electron chi connectivity index (χ4n) is 4.61. The molecule has 3 nitrogen and oxygen atoms in total. The van der Waals surface area contributed by atoms with Gasteiger partial charge in [0.05, 0.1) is 6.10 Å². The molecule has 3 heteroatoms. The Morgan fingerprint density at radius 3 is 2.87 bits per heavy atom. The molecule has 2 aromatic rings. The lowest BCUT2D eigenvalue weighted by Crippen LogP contribution is -2.27. The molecule has 124 valence electrons. The van der Waals surface area contributed by atoms with Gasteiger partial charge in [0.2, 0.25) is 0 Å². The van der Waals surface area contributed by atoms with E-state index in [2.05, 4.69) is 41.6 Å². The van der Waals surface area contributed by atoms with E-state index < -0.39 is 0 Å². The second kappa shape index (κ2) is 6.29. The summed E-state index contributed by atoms with van der Waals surface area (Å²) in [6.45, 7) is 3.51. The summed E-state index contributed by atoms with van der Waals surface area (Å²) in [7, 11) is 0. The molecule has 1 aliphatic heterocycles. The normalized spacial score (nSPS) is 29.9. The molecule has 23 heavy (non-hydrogen) atoms. The average molecular weight is 312 g/mol. The predicted molar refractivity (Wildman–Crippen MR) is 95.0 cm³/mol. The van der Waals surface area contributed by atoms with E-state index in [1.165, 1.54) is 41.3 Å². The first-order valence-corrected chi connectivity index (χ1v) is 9.25. The van der Waals surface area contributed by atoms with Gasteiger partial charge in [-0.05, 0) is 73.7 Å². The monoisotopic (exact) mass is 312 g/mol. The Hall–Kier alpha value is -1.32. The van der Waals surface area contributed by atoms with Gasteiger partial charge in [0.1, 0.15) is 0 Å². The average Bonchev–Trinajstić information content (AvgIpc) is 3.23. The topological polar surface area (TPSA) is 48.0 Å². The van der Waals surface area contributed by atoms with Crippen molar-refractivity contribution in [3.63, 3.8) is 0 Å². The van der Waals surface area contributed by atoms with Crippen LogP contribution in [0.15, 0.2) is 24.4 Å². The quantitative estimate of drug-likeness (QED) is 0.801. The van der Waals surface area contributed by atoms with Crippen molar-refractivity contribution < 1.29 is 5.11 Å². The van der Waals surface area contributed by atoms with Crippen molar-refractivity contribution >= 4 is 10.9 Å². The Morgan fingerprint density at radius 2 is 2.09 bits per heavy atom. The lowest BCUT2D eigenvalue weighted by molar-refractivity contribution is 0.119. The van der Waals surface area contributed by atoms with Gasteiger partial charge in [0, 0.05) is 23.1 Å². The first kappa shape index (κ1) is 15.2. The summed E-state index contributed by atoms with van der Waals surface area (Å²) >= 11 is 0. The molecule has 2 heterocycles. The number of hydrogen-bond donors (Lipinski definition) is 3. The van der Waals surface area contributed by atoms with Crippen LogP contribution in [0.25, 0.3) is 10.9 Å². The molecule has 1 aromatic heterocycles. The van der Waals surface area contributed by atoms with Crippen LogP contribution in [0.5, 0.6) is 0 Å². The summed E-state index contributed by atoms with van der Waals surface area (Å²) in [6.07, 6.45) is 8.91. The van der Waals surface area contributed by atoms with Crippen molar-refractivity contribution in [2.75, 3.05) is 6.54 Å². The summed E-state index contributed by atoms with van der Waals surface area (Å²) < 4.78 is 0. The van der Waals surface area contributed by atoms with Crippen LogP contribution < -0.4 is 5.32 Å². The van der Waals surface area contributed by atoms with Crippen molar-refractivity contribution in [1.82, 2.24) is 10.3 Å². The van der Waals surface area contributed by atoms with Gasteiger partial charge in [-0.3, -0.25) is 0 Å². The fourth-order valence-corrected chi connectivity index (χ4v) is 4.61. The van der Waals surface area contributed by atoms with Crippen molar-refractivity contribution in [3.8, 4) is 0 Å². The summed E-state index contributed by atoms with van der Waals surface area (Å²) in [6, 6.07) is 7.47. The van der Waals surface area contributed by atoms with Crippen molar-refractivity contribution in [2.45, 2.75) is 69.4 Å². The van der Waals surface area contributed by atoms with Crippen LogP contribution in [-0.4, -0.2) is 28.8 Å². The minimum Gasteiger partial charge on any atom is -0.393 e. The van der Waals surface area contributed by atoms with Crippen LogP contribution in [0.1, 0.15) is 68.4 Å². The van der Waals surface area contributed by atoms with Gasteiger partial charge in [0.15, 0.2) is 0 Å². The van der Waals surface area contributed by atoms with Gasteiger partial charge in [0.25, 0.3) is 0 Å². The Balaban J connectivity index is 1.65. The molecule has 4 rings (SSSR count). The molecule has 2 fully saturated rings. The molecule has 3 N–H and O–H groups in total. The number of H-pyrrole nitrogens is 1. The predicted octanol–water partition coefficient (Wildman–Crippen LogP) is 4.04. The maximum absolute atomic E-state index is 9.99. The molecule has 0 spiro atoms. The Kier molecular flexibility index (Phi) is 4.16. The standard InChI is InChI=1S/C20H28N2O/c1-13(19-6-3-9-21-19)18-12-22-20-8-7-15(11-17(18)20)14-4-2-5-16(23)10-14/h7-8,11-14,16,19,21-23H,2-6,9-10H2,1H3. The van der Waals surface area contributed by atoms with E-state index in [1.54, 1.807) is 0 Å². The Bertz CT molecular complexity index is 671. The molecule has 1 aliphatic carbocycles. The van der Waals surface area contributed by atoms with E-state index in [4.69, 9.17) is 0 Å². The van der Waals surface area contributed by atoms with Crippen LogP contribution in [0.3, 0.4) is 0 Å².